The molecule has 0 aliphatic rings. The molecule has 0 saturated carbocycles. The molecule has 0 heterocycles. The van der Waals surface area contributed by atoms with E-state index >= 15 is 0 Å². The van der Waals surface area contributed by atoms with Crippen molar-refractivity contribution in [2.45, 2.75) is 52.1 Å². The van der Waals surface area contributed by atoms with Gasteiger partial charge >= 0.3 is 17.9 Å². The van der Waals surface area contributed by atoms with Crippen molar-refractivity contribution in [3.8, 4) is 0 Å². The average Bonchev–Trinajstić information content (AvgIpc) is 2.58. The largest absolute Gasteiger partial charge is 0.462 e. The van der Waals surface area contributed by atoms with E-state index in [2.05, 4.69) is 5.32 Å². The number of hydrogen-bond acceptors (Lipinski definition) is 9. The van der Waals surface area contributed by atoms with Gasteiger partial charge in [0.15, 0.2) is 6.10 Å². The Bertz CT molecular complexity index is 469. The van der Waals surface area contributed by atoms with Gasteiger partial charge in [0, 0.05) is 19.4 Å². The summed E-state index contributed by atoms with van der Waals surface area (Å²) in [5, 5.41) is 2.79. The minimum absolute atomic E-state index is 0.0610. The van der Waals surface area contributed by atoms with Crippen LogP contribution in [-0.2, 0) is 38.2 Å². The zero-order valence-electron chi connectivity index (χ0n) is 15.5. The number of rotatable bonds is 14. The summed E-state index contributed by atoms with van der Waals surface area (Å²) in [6.45, 7) is 2.55. The first-order chi connectivity index (χ1) is 12.2. The lowest BCUT2D eigenvalue weighted by Crippen LogP contribution is -2.31. The van der Waals surface area contributed by atoms with Gasteiger partial charge in [-0.25, -0.2) is 0 Å². The van der Waals surface area contributed by atoms with Crippen LogP contribution in [0.15, 0.2) is 0 Å². The fourth-order valence-electron chi connectivity index (χ4n) is 1.66. The van der Waals surface area contributed by atoms with Crippen molar-refractivity contribution < 1.29 is 38.2 Å². The number of Topliss-reactive ketones (excluding diaryl/α,β-unsaturated/α-hetero) is 2. The molecule has 0 aromatic rings. The second-order valence-corrected chi connectivity index (χ2v) is 5.74. The summed E-state index contributed by atoms with van der Waals surface area (Å²) < 4.78 is 15.1. The Morgan fingerprint density at radius 2 is 1.19 bits per heavy atom. The Kier molecular flexibility index (Phi) is 12.7. The van der Waals surface area contributed by atoms with E-state index in [1.165, 1.54) is 13.8 Å². The highest BCUT2D eigenvalue weighted by molar-refractivity contribution is 5.81. The first-order valence-electron chi connectivity index (χ1n) is 8.38. The quantitative estimate of drug-likeness (QED) is 0.339. The van der Waals surface area contributed by atoms with Crippen LogP contribution in [0.3, 0.4) is 0 Å². The molecule has 0 rings (SSSR count). The van der Waals surface area contributed by atoms with Gasteiger partial charge in [-0.05, 0) is 20.9 Å². The fraction of sp³-hybridized carbons (Fsp3) is 0.706. The van der Waals surface area contributed by atoms with Gasteiger partial charge < -0.3 is 29.1 Å². The van der Waals surface area contributed by atoms with Crippen molar-refractivity contribution in [2.24, 2.45) is 0 Å². The van der Waals surface area contributed by atoms with Gasteiger partial charge in [-0.2, -0.15) is 0 Å². The molecule has 0 amide bonds. The number of carbonyl (C=O) groups excluding carboxylic acids is 5. The van der Waals surface area contributed by atoms with Crippen molar-refractivity contribution in [1.82, 2.24) is 5.32 Å². The van der Waals surface area contributed by atoms with E-state index in [1.807, 2.05) is 0 Å². The number of carbonyl (C=O) groups is 5. The molecule has 9 nitrogen and oxygen atoms in total. The summed E-state index contributed by atoms with van der Waals surface area (Å²) in [6.07, 6.45) is -0.884. The van der Waals surface area contributed by atoms with Gasteiger partial charge in [0.25, 0.3) is 0 Å². The first kappa shape index (κ1) is 23.7. The highest BCUT2D eigenvalue weighted by Crippen LogP contribution is 2.03. The molecular formula is C17H27NO8. The summed E-state index contributed by atoms with van der Waals surface area (Å²) in [5.74, 6) is -2.05. The Morgan fingerprint density at radius 1 is 0.731 bits per heavy atom. The van der Waals surface area contributed by atoms with Gasteiger partial charge in [-0.15, -0.1) is 0 Å². The maximum Gasteiger partial charge on any atom is 0.307 e. The molecule has 0 radical (unpaired) electrons. The molecule has 0 spiro atoms. The third-order valence-electron chi connectivity index (χ3n) is 3.10. The van der Waals surface area contributed by atoms with Gasteiger partial charge in [0.2, 0.25) is 0 Å². The van der Waals surface area contributed by atoms with Crippen molar-refractivity contribution in [3.05, 3.63) is 0 Å². The van der Waals surface area contributed by atoms with E-state index in [9.17, 15) is 24.0 Å². The molecule has 0 fully saturated rings. The molecule has 0 aromatic carbocycles. The number of esters is 3. The van der Waals surface area contributed by atoms with Crippen molar-refractivity contribution in [3.63, 3.8) is 0 Å². The van der Waals surface area contributed by atoms with Crippen LogP contribution in [0.5, 0.6) is 0 Å². The highest BCUT2D eigenvalue weighted by atomic mass is 16.6. The molecule has 0 unspecified atom stereocenters. The van der Waals surface area contributed by atoms with Gasteiger partial charge in [0.05, 0.1) is 19.3 Å². The molecule has 0 atom stereocenters. The van der Waals surface area contributed by atoms with Crippen molar-refractivity contribution >= 4 is 29.5 Å². The van der Waals surface area contributed by atoms with E-state index in [0.717, 1.165) is 0 Å². The summed E-state index contributed by atoms with van der Waals surface area (Å²) in [7, 11) is 1.68. The molecule has 0 aliphatic heterocycles. The van der Waals surface area contributed by atoms with Crippen molar-refractivity contribution in [1.29, 1.82) is 0 Å². The molecule has 148 valence electrons. The Labute approximate surface area is 152 Å². The smallest absolute Gasteiger partial charge is 0.307 e. The van der Waals surface area contributed by atoms with E-state index in [-0.39, 0.29) is 56.9 Å². The predicted molar refractivity (Wildman–Crippen MR) is 90.2 cm³/mol. The maximum absolute atomic E-state index is 11.7. The summed E-state index contributed by atoms with van der Waals surface area (Å²) in [6, 6.07) is 0. The zero-order chi connectivity index (χ0) is 19.9. The van der Waals surface area contributed by atoms with E-state index in [1.54, 1.807) is 7.05 Å². The number of hydrogen-bond donors (Lipinski definition) is 1. The molecule has 0 aromatic heterocycles. The lowest BCUT2D eigenvalue weighted by atomic mass is 10.2. The number of ketones is 2. The molecule has 26 heavy (non-hydrogen) atoms. The third kappa shape index (κ3) is 14.1. The van der Waals surface area contributed by atoms with Crippen LogP contribution in [0.25, 0.3) is 0 Å². The fourth-order valence-corrected chi connectivity index (χ4v) is 1.66. The van der Waals surface area contributed by atoms with E-state index in [4.69, 9.17) is 14.2 Å². The van der Waals surface area contributed by atoms with E-state index in [0.29, 0.717) is 6.54 Å². The highest BCUT2D eigenvalue weighted by Gasteiger charge is 2.19. The van der Waals surface area contributed by atoms with Crippen LogP contribution < -0.4 is 5.32 Å². The Balaban J connectivity index is 4.46. The second kappa shape index (κ2) is 13.9. The van der Waals surface area contributed by atoms with Crippen LogP contribution in [0, 0.1) is 0 Å². The van der Waals surface area contributed by atoms with Crippen LogP contribution in [-0.4, -0.2) is 62.4 Å². The third-order valence-corrected chi connectivity index (χ3v) is 3.10. The minimum Gasteiger partial charge on any atom is -0.462 e. The molecule has 1 N–H and O–H groups in total. The maximum atomic E-state index is 11.7. The monoisotopic (exact) mass is 373 g/mol. The summed E-state index contributed by atoms with van der Waals surface area (Å²) in [4.78, 5) is 56.5. The minimum atomic E-state index is -0.957. The summed E-state index contributed by atoms with van der Waals surface area (Å²) >= 11 is 0. The molecule has 9 heteroatoms. The first-order valence-corrected chi connectivity index (χ1v) is 8.38. The van der Waals surface area contributed by atoms with Crippen LogP contribution in [0.2, 0.25) is 0 Å². The lowest BCUT2D eigenvalue weighted by Gasteiger charge is -2.18. The van der Waals surface area contributed by atoms with Crippen LogP contribution in [0.4, 0.5) is 0 Å². The molecular weight excluding hydrogens is 346 g/mol. The SMILES string of the molecule is CNCCC(=O)OC(COC(=O)CCC(C)=O)COC(=O)CCC(C)=O. The normalized spacial score (nSPS) is 10.3. The average molecular weight is 373 g/mol. The van der Waals surface area contributed by atoms with E-state index < -0.39 is 24.0 Å². The number of ether oxygens (including phenoxy) is 3. The predicted octanol–water partition coefficient (Wildman–Crippen LogP) is 0.332. The van der Waals surface area contributed by atoms with Crippen LogP contribution >= 0.6 is 0 Å². The van der Waals surface area contributed by atoms with Gasteiger partial charge in [-0.3, -0.25) is 14.4 Å². The number of nitrogens with one attached hydrogen (secondary N) is 1. The van der Waals surface area contributed by atoms with Crippen molar-refractivity contribution in [2.75, 3.05) is 26.8 Å². The Hall–Kier alpha value is -2.29. The summed E-state index contributed by atoms with van der Waals surface area (Å²) in [5.41, 5.74) is 0. The molecule has 0 bridgehead atoms. The van der Waals surface area contributed by atoms with Gasteiger partial charge in [-0.1, -0.05) is 0 Å². The standard InChI is InChI=1S/C17H27NO8/c1-12(19)4-6-15(21)24-10-14(26-17(23)8-9-18-3)11-25-16(22)7-5-13(2)20/h14,18H,4-11H2,1-3H3. The molecule has 0 aliphatic carbocycles. The van der Waals surface area contributed by atoms with Crippen LogP contribution in [0.1, 0.15) is 46.0 Å². The Morgan fingerprint density at radius 3 is 1.58 bits per heavy atom. The zero-order valence-corrected chi connectivity index (χ0v) is 15.5. The second-order valence-electron chi connectivity index (χ2n) is 5.74. The lowest BCUT2D eigenvalue weighted by molar-refractivity contribution is -0.167. The van der Waals surface area contributed by atoms with Gasteiger partial charge in [0.1, 0.15) is 24.8 Å². The molecule has 0 saturated heterocycles. The topological polar surface area (TPSA) is 125 Å².